The maximum atomic E-state index is 11.5. The lowest BCUT2D eigenvalue weighted by molar-refractivity contribution is -0.123. The van der Waals surface area contributed by atoms with Crippen molar-refractivity contribution < 1.29 is 9.53 Å². The molecule has 0 heterocycles. The van der Waals surface area contributed by atoms with E-state index >= 15 is 0 Å². The Labute approximate surface area is 125 Å². The number of amides is 1. The molecule has 1 aromatic carbocycles. The summed E-state index contributed by atoms with van der Waals surface area (Å²) in [6.45, 7) is 3.20. The topological polar surface area (TPSA) is 64.3 Å². The summed E-state index contributed by atoms with van der Waals surface area (Å²) in [6.07, 6.45) is 1.81. The first-order chi connectivity index (χ1) is 8.63. The second-order valence-electron chi connectivity index (χ2n) is 4.04. The van der Waals surface area contributed by atoms with E-state index in [1.165, 1.54) is 0 Å². The third-order valence-electron chi connectivity index (χ3n) is 2.45. The fourth-order valence-electron chi connectivity index (χ4n) is 1.47. The van der Waals surface area contributed by atoms with Crippen molar-refractivity contribution in [1.82, 2.24) is 5.32 Å². The van der Waals surface area contributed by atoms with Gasteiger partial charge in [-0.15, -0.1) is 12.4 Å². The molecule has 0 fully saturated rings. The summed E-state index contributed by atoms with van der Waals surface area (Å²) in [5, 5.41) is 3.43. The van der Waals surface area contributed by atoms with Crippen LogP contribution in [0.1, 0.15) is 18.4 Å². The van der Waals surface area contributed by atoms with Crippen LogP contribution in [0.5, 0.6) is 5.75 Å². The Morgan fingerprint density at radius 3 is 2.79 bits per heavy atom. The van der Waals surface area contributed by atoms with Crippen LogP contribution in [0.15, 0.2) is 18.2 Å². The Kier molecular flexibility index (Phi) is 9.39. The van der Waals surface area contributed by atoms with Crippen LogP contribution in [0.3, 0.4) is 0 Å². The summed E-state index contributed by atoms with van der Waals surface area (Å²) < 4.78 is 5.42. The van der Waals surface area contributed by atoms with E-state index in [1.54, 1.807) is 18.2 Å². The highest BCUT2D eigenvalue weighted by Crippen LogP contribution is 2.21. The average molecular weight is 307 g/mol. The molecule has 4 nitrogen and oxygen atoms in total. The Hall–Kier alpha value is -0.970. The maximum Gasteiger partial charge on any atom is 0.257 e. The zero-order valence-corrected chi connectivity index (χ0v) is 12.5. The summed E-state index contributed by atoms with van der Waals surface area (Å²) in [4.78, 5) is 11.5. The lowest BCUT2D eigenvalue weighted by Gasteiger charge is -2.09. The monoisotopic (exact) mass is 306 g/mol. The van der Waals surface area contributed by atoms with Gasteiger partial charge >= 0.3 is 0 Å². The lowest BCUT2D eigenvalue weighted by Crippen LogP contribution is -2.30. The van der Waals surface area contributed by atoms with E-state index < -0.39 is 0 Å². The number of carbonyl (C=O) groups is 1. The Morgan fingerprint density at radius 2 is 2.16 bits per heavy atom. The number of halogens is 2. The van der Waals surface area contributed by atoms with Gasteiger partial charge in [-0.2, -0.15) is 0 Å². The van der Waals surface area contributed by atoms with Crippen molar-refractivity contribution in [3.63, 3.8) is 0 Å². The van der Waals surface area contributed by atoms with Crippen molar-refractivity contribution in [1.29, 1.82) is 0 Å². The van der Waals surface area contributed by atoms with Crippen molar-refractivity contribution in [2.24, 2.45) is 5.73 Å². The van der Waals surface area contributed by atoms with Gasteiger partial charge in [-0.1, -0.05) is 11.6 Å². The first-order valence-electron chi connectivity index (χ1n) is 5.99. The van der Waals surface area contributed by atoms with E-state index in [0.29, 0.717) is 23.9 Å². The molecule has 0 unspecified atom stereocenters. The standard InChI is InChI=1S/C13H19ClN2O2.ClH/c1-10-8-11(14)4-5-12(10)18-9-13(17)16-7-3-2-6-15;/h4-5,8H,2-3,6-7,9,15H2,1H3,(H,16,17);1H. The first-order valence-corrected chi connectivity index (χ1v) is 6.37. The van der Waals surface area contributed by atoms with Crippen molar-refractivity contribution in [2.45, 2.75) is 19.8 Å². The van der Waals surface area contributed by atoms with Crippen LogP contribution in [-0.4, -0.2) is 25.6 Å². The lowest BCUT2D eigenvalue weighted by atomic mass is 10.2. The van der Waals surface area contributed by atoms with Gasteiger partial charge in [0.2, 0.25) is 0 Å². The van der Waals surface area contributed by atoms with Gasteiger partial charge in [-0.05, 0) is 50.1 Å². The van der Waals surface area contributed by atoms with Crippen LogP contribution >= 0.6 is 24.0 Å². The zero-order chi connectivity index (χ0) is 13.4. The van der Waals surface area contributed by atoms with Crippen LogP contribution in [-0.2, 0) is 4.79 Å². The SMILES string of the molecule is Cc1cc(Cl)ccc1OCC(=O)NCCCCN.Cl. The van der Waals surface area contributed by atoms with Crippen LogP contribution < -0.4 is 15.8 Å². The van der Waals surface area contributed by atoms with E-state index in [0.717, 1.165) is 18.4 Å². The summed E-state index contributed by atoms with van der Waals surface area (Å²) in [7, 11) is 0. The normalized spacial score (nSPS) is 9.63. The second-order valence-corrected chi connectivity index (χ2v) is 4.48. The molecule has 19 heavy (non-hydrogen) atoms. The molecule has 0 bridgehead atoms. The van der Waals surface area contributed by atoms with Crippen LogP contribution in [0.25, 0.3) is 0 Å². The fourth-order valence-corrected chi connectivity index (χ4v) is 1.69. The van der Waals surface area contributed by atoms with Crippen molar-refractivity contribution in [3.05, 3.63) is 28.8 Å². The molecule has 0 spiro atoms. The smallest absolute Gasteiger partial charge is 0.257 e. The molecule has 0 atom stereocenters. The summed E-state index contributed by atoms with van der Waals surface area (Å²) in [6, 6.07) is 5.30. The molecule has 0 aliphatic heterocycles. The number of nitrogens with one attached hydrogen (secondary N) is 1. The van der Waals surface area contributed by atoms with Crippen LogP contribution in [0, 0.1) is 6.92 Å². The zero-order valence-electron chi connectivity index (χ0n) is 10.9. The number of hydrogen-bond acceptors (Lipinski definition) is 3. The predicted octanol–water partition coefficient (Wildman–Crippen LogP) is 2.30. The maximum absolute atomic E-state index is 11.5. The van der Waals surface area contributed by atoms with Gasteiger partial charge in [0.25, 0.3) is 5.91 Å². The number of unbranched alkanes of at least 4 members (excludes halogenated alkanes) is 1. The molecule has 1 aromatic rings. The summed E-state index contributed by atoms with van der Waals surface area (Å²) >= 11 is 5.83. The fraction of sp³-hybridized carbons (Fsp3) is 0.462. The number of rotatable bonds is 7. The molecule has 0 aliphatic rings. The van der Waals surface area contributed by atoms with E-state index in [1.807, 2.05) is 6.92 Å². The average Bonchev–Trinajstić information content (AvgIpc) is 2.33. The minimum absolute atomic E-state index is 0. The molecular weight excluding hydrogens is 287 g/mol. The van der Waals surface area contributed by atoms with E-state index in [9.17, 15) is 4.79 Å². The molecule has 108 valence electrons. The first kappa shape index (κ1) is 18.0. The third-order valence-corrected chi connectivity index (χ3v) is 2.68. The molecule has 0 radical (unpaired) electrons. The van der Waals surface area contributed by atoms with Crippen LogP contribution in [0.4, 0.5) is 0 Å². The van der Waals surface area contributed by atoms with Gasteiger partial charge in [-0.25, -0.2) is 0 Å². The number of benzene rings is 1. The number of hydrogen-bond donors (Lipinski definition) is 2. The molecule has 6 heteroatoms. The minimum Gasteiger partial charge on any atom is -0.484 e. The molecule has 0 aliphatic carbocycles. The quantitative estimate of drug-likeness (QED) is 0.760. The van der Waals surface area contributed by atoms with Gasteiger partial charge in [0.15, 0.2) is 6.61 Å². The molecule has 3 N–H and O–H groups in total. The summed E-state index contributed by atoms with van der Waals surface area (Å²) in [5.41, 5.74) is 6.28. The Morgan fingerprint density at radius 1 is 1.42 bits per heavy atom. The molecular formula is C13H20Cl2N2O2. The molecule has 0 saturated carbocycles. The molecule has 1 rings (SSSR count). The third kappa shape index (κ3) is 7.25. The van der Waals surface area contributed by atoms with E-state index in [2.05, 4.69) is 5.32 Å². The van der Waals surface area contributed by atoms with Crippen molar-refractivity contribution in [2.75, 3.05) is 19.7 Å². The second kappa shape index (κ2) is 9.89. The Bertz CT molecular complexity index is 400. The number of nitrogens with two attached hydrogens (primary N) is 1. The molecule has 0 aromatic heterocycles. The highest BCUT2D eigenvalue weighted by molar-refractivity contribution is 6.30. The largest absolute Gasteiger partial charge is 0.484 e. The van der Waals surface area contributed by atoms with Crippen molar-refractivity contribution in [3.8, 4) is 5.75 Å². The summed E-state index contributed by atoms with van der Waals surface area (Å²) in [5.74, 6) is 0.554. The number of aryl methyl sites for hydroxylation is 1. The highest BCUT2D eigenvalue weighted by atomic mass is 35.5. The molecule has 0 saturated heterocycles. The van der Waals surface area contributed by atoms with Gasteiger partial charge in [0, 0.05) is 11.6 Å². The number of carbonyl (C=O) groups excluding carboxylic acids is 1. The van der Waals surface area contributed by atoms with Crippen LogP contribution in [0.2, 0.25) is 5.02 Å². The minimum atomic E-state index is -0.124. The Balaban J connectivity index is 0.00000324. The van der Waals surface area contributed by atoms with Gasteiger partial charge < -0.3 is 15.8 Å². The molecule has 1 amide bonds. The number of ether oxygens (including phenoxy) is 1. The highest BCUT2D eigenvalue weighted by Gasteiger charge is 2.04. The predicted molar refractivity (Wildman–Crippen MR) is 80.2 cm³/mol. The van der Waals surface area contributed by atoms with Gasteiger partial charge in [0.05, 0.1) is 0 Å². The van der Waals surface area contributed by atoms with E-state index in [-0.39, 0.29) is 24.9 Å². The van der Waals surface area contributed by atoms with Gasteiger partial charge in [-0.3, -0.25) is 4.79 Å². The van der Waals surface area contributed by atoms with Gasteiger partial charge in [0.1, 0.15) is 5.75 Å². The van der Waals surface area contributed by atoms with E-state index in [4.69, 9.17) is 22.1 Å². The van der Waals surface area contributed by atoms with Crippen molar-refractivity contribution >= 4 is 29.9 Å².